The molecule has 0 saturated carbocycles. The van der Waals surface area contributed by atoms with Crippen LogP contribution in [-0.2, 0) is 17.8 Å². The number of benzene rings is 1. The second kappa shape index (κ2) is 6.20. The minimum absolute atomic E-state index is 0.0375. The molecule has 0 bridgehead atoms. The minimum atomic E-state index is -0.0375. The van der Waals surface area contributed by atoms with Crippen molar-refractivity contribution >= 4 is 33.8 Å². The van der Waals surface area contributed by atoms with E-state index in [1.807, 2.05) is 31.2 Å². The predicted molar refractivity (Wildman–Crippen MR) is 104 cm³/mol. The predicted octanol–water partition coefficient (Wildman–Crippen LogP) is 4.52. The molecule has 0 radical (unpaired) electrons. The Labute approximate surface area is 155 Å². The maximum atomic E-state index is 13.3. The zero-order chi connectivity index (χ0) is 17.7. The van der Waals surface area contributed by atoms with Crippen molar-refractivity contribution < 1.29 is 4.74 Å². The fourth-order valence-corrected chi connectivity index (χ4v) is 4.81. The van der Waals surface area contributed by atoms with Crippen molar-refractivity contribution in [1.29, 1.82) is 0 Å². The van der Waals surface area contributed by atoms with Crippen LogP contribution in [0.4, 0.5) is 0 Å². The van der Waals surface area contributed by atoms with E-state index in [0.717, 1.165) is 38.3 Å². The van der Waals surface area contributed by atoms with Crippen LogP contribution in [0.3, 0.4) is 0 Å². The van der Waals surface area contributed by atoms with Crippen LogP contribution < -0.4 is 5.56 Å². The molecule has 0 spiro atoms. The molecule has 0 unspecified atom stereocenters. The summed E-state index contributed by atoms with van der Waals surface area (Å²) in [5.74, 6) is 0.421. The number of H-pyrrole nitrogens is 1. The number of ether oxygens (including phenoxy) is 1. The molecular weight excluding hydrogens is 352 g/mol. The molecule has 3 heterocycles. The summed E-state index contributed by atoms with van der Waals surface area (Å²) in [6.45, 7) is 6.91. The van der Waals surface area contributed by atoms with E-state index in [-0.39, 0.29) is 11.7 Å². The first-order valence-electron chi connectivity index (χ1n) is 8.44. The number of thiophene rings is 1. The first kappa shape index (κ1) is 16.7. The normalized spacial score (nSPS) is 17.2. The van der Waals surface area contributed by atoms with Crippen LogP contribution in [0.15, 0.2) is 29.1 Å². The molecule has 2 aromatic heterocycles. The third kappa shape index (κ3) is 2.78. The molecule has 1 aromatic carbocycles. The molecule has 0 saturated heterocycles. The minimum Gasteiger partial charge on any atom is -0.372 e. The lowest BCUT2D eigenvalue weighted by molar-refractivity contribution is 0.00200. The van der Waals surface area contributed by atoms with Crippen LogP contribution in [0.1, 0.15) is 29.9 Å². The fourth-order valence-electron chi connectivity index (χ4n) is 3.32. The standard InChI is InChI=1S/C19H20N2O2S2/c1-10(2)14-8-13-15(9-23-14)25-17-16(13)18(22)21(19(24)20-17)12-6-4-11(3)5-7-12/h4-7,10,14H,8-9H2,1-3H3,(H,20,24)/t14-/m1/s1. The van der Waals surface area contributed by atoms with Gasteiger partial charge in [-0.2, -0.15) is 0 Å². The van der Waals surface area contributed by atoms with Gasteiger partial charge in [-0.3, -0.25) is 9.36 Å². The van der Waals surface area contributed by atoms with E-state index in [4.69, 9.17) is 17.0 Å². The van der Waals surface area contributed by atoms with E-state index < -0.39 is 0 Å². The van der Waals surface area contributed by atoms with Crippen LogP contribution in [0.5, 0.6) is 0 Å². The second-order valence-electron chi connectivity index (χ2n) is 6.91. The highest BCUT2D eigenvalue weighted by Crippen LogP contribution is 2.35. The van der Waals surface area contributed by atoms with Crippen LogP contribution in [0.25, 0.3) is 15.9 Å². The van der Waals surface area contributed by atoms with Crippen LogP contribution in [-0.4, -0.2) is 15.7 Å². The first-order chi connectivity index (χ1) is 12.0. The van der Waals surface area contributed by atoms with Crippen molar-refractivity contribution in [2.45, 2.75) is 39.9 Å². The van der Waals surface area contributed by atoms with Gasteiger partial charge in [0.1, 0.15) is 4.83 Å². The lowest BCUT2D eigenvalue weighted by Crippen LogP contribution is -2.28. The summed E-state index contributed by atoms with van der Waals surface area (Å²) in [6.07, 6.45) is 0.932. The van der Waals surface area contributed by atoms with E-state index >= 15 is 0 Å². The summed E-state index contributed by atoms with van der Waals surface area (Å²) in [5, 5.41) is 0.767. The average molecular weight is 373 g/mol. The number of hydrogen-bond acceptors (Lipinski definition) is 4. The maximum absolute atomic E-state index is 13.3. The number of nitrogens with zero attached hydrogens (tertiary/aromatic N) is 1. The van der Waals surface area contributed by atoms with Gasteiger partial charge in [0.15, 0.2) is 4.77 Å². The van der Waals surface area contributed by atoms with Crippen LogP contribution in [0, 0.1) is 17.6 Å². The van der Waals surface area contributed by atoms with E-state index in [0.29, 0.717) is 17.3 Å². The van der Waals surface area contributed by atoms with Gasteiger partial charge in [0.25, 0.3) is 5.56 Å². The Morgan fingerprint density at radius 1 is 1.32 bits per heavy atom. The maximum Gasteiger partial charge on any atom is 0.267 e. The monoisotopic (exact) mass is 372 g/mol. The van der Waals surface area contributed by atoms with Gasteiger partial charge in [0.05, 0.1) is 23.8 Å². The van der Waals surface area contributed by atoms with E-state index in [9.17, 15) is 4.79 Å². The molecule has 25 heavy (non-hydrogen) atoms. The zero-order valence-electron chi connectivity index (χ0n) is 14.5. The number of hydrogen-bond donors (Lipinski definition) is 1. The van der Waals surface area contributed by atoms with Gasteiger partial charge in [-0.05, 0) is 42.8 Å². The van der Waals surface area contributed by atoms with Gasteiger partial charge in [-0.15, -0.1) is 11.3 Å². The second-order valence-corrected chi connectivity index (χ2v) is 8.40. The fraction of sp³-hybridized carbons (Fsp3) is 0.368. The zero-order valence-corrected chi connectivity index (χ0v) is 16.1. The Morgan fingerprint density at radius 3 is 2.72 bits per heavy atom. The van der Waals surface area contributed by atoms with Crippen molar-refractivity contribution in [3.63, 3.8) is 0 Å². The number of aryl methyl sites for hydroxylation is 1. The van der Waals surface area contributed by atoms with E-state index in [1.54, 1.807) is 15.9 Å². The third-order valence-corrected chi connectivity index (χ3v) is 6.21. The summed E-state index contributed by atoms with van der Waals surface area (Å²) < 4.78 is 7.99. The Hall–Kier alpha value is -1.76. The highest BCUT2D eigenvalue weighted by molar-refractivity contribution is 7.71. The quantitative estimate of drug-likeness (QED) is 0.673. The summed E-state index contributed by atoms with van der Waals surface area (Å²) in [5.41, 5.74) is 3.04. The lowest BCUT2D eigenvalue weighted by atomic mass is 9.96. The molecule has 0 fully saturated rings. The van der Waals surface area contributed by atoms with Crippen molar-refractivity contribution in [1.82, 2.24) is 9.55 Å². The molecule has 1 N–H and O–H groups in total. The molecular formula is C19H20N2O2S2. The average Bonchev–Trinajstić information content (AvgIpc) is 2.93. The van der Waals surface area contributed by atoms with Crippen molar-refractivity contribution in [3.8, 4) is 5.69 Å². The molecule has 130 valence electrons. The third-order valence-electron chi connectivity index (χ3n) is 4.80. The highest BCUT2D eigenvalue weighted by atomic mass is 32.1. The highest BCUT2D eigenvalue weighted by Gasteiger charge is 2.27. The molecule has 1 aliphatic rings. The molecule has 6 heteroatoms. The molecule has 1 atom stereocenters. The summed E-state index contributed by atoms with van der Waals surface area (Å²) in [7, 11) is 0. The molecule has 4 nitrogen and oxygen atoms in total. The van der Waals surface area contributed by atoms with Gasteiger partial charge in [0.2, 0.25) is 0 Å². The van der Waals surface area contributed by atoms with Crippen molar-refractivity contribution in [2.75, 3.05) is 0 Å². The van der Waals surface area contributed by atoms with Gasteiger partial charge in [0, 0.05) is 11.3 Å². The van der Waals surface area contributed by atoms with E-state index in [2.05, 4.69) is 18.8 Å². The summed E-state index contributed by atoms with van der Waals surface area (Å²) in [6, 6.07) is 7.86. The SMILES string of the molecule is Cc1ccc(-n2c(=S)[nH]c3sc4c(c3c2=O)C[C@H](C(C)C)OC4)cc1. The van der Waals surface area contributed by atoms with Gasteiger partial charge in [-0.1, -0.05) is 31.5 Å². The first-order valence-corrected chi connectivity index (χ1v) is 9.66. The lowest BCUT2D eigenvalue weighted by Gasteiger charge is -2.26. The van der Waals surface area contributed by atoms with Gasteiger partial charge >= 0.3 is 0 Å². The van der Waals surface area contributed by atoms with Crippen molar-refractivity contribution in [2.24, 2.45) is 5.92 Å². The van der Waals surface area contributed by atoms with Gasteiger partial charge in [-0.25, -0.2) is 0 Å². The Balaban J connectivity index is 1.96. The number of fused-ring (bicyclic) bond motifs is 3. The molecule has 1 aliphatic heterocycles. The molecule has 0 amide bonds. The molecule has 4 rings (SSSR count). The Kier molecular flexibility index (Phi) is 4.14. The topological polar surface area (TPSA) is 47.0 Å². The molecule has 3 aromatic rings. The number of rotatable bonds is 2. The van der Waals surface area contributed by atoms with Crippen molar-refractivity contribution in [3.05, 3.63) is 55.4 Å². The summed E-state index contributed by atoms with van der Waals surface area (Å²) in [4.78, 5) is 18.5. The van der Waals surface area contributed by atoms with Crippen LogP contribution in [0.2, 0.25) is 0 Å². The summed E-state index contributed by atoms with van der Waals surface area (Å²) >= 11 is 7.06. The largest absolute Gasteiger partial charge is 0.372 e. The Morgan fingerprint density at radius 2 is 2.04 bits per heavy atom. The van der Waals surface area contributed by atoms with E-state index in [1.165, 1.54) is 0 Å². The number of nitrogens with one attached hydrogen (secondary N) is 1. The van der Waals surface area contributed by atoms with Gasteiger partial charge < -0.3 is 9.72 Å². The Bertz CT molecular complexity index is 1060. The van der Waals surface area contributed by atoms with Crippen LogP contribution >= 0.6 is 23.6 Å². The number of aromatic nitrogens is 2. The number of aromatic amines is 1. The molecule has 0 aliphatic carbocycles. The smallest absolute Gasteiger partial charge is 0.267 e.